The Hall–Kier alpha value is -2.14. The van der Waals surface area contributed by atoms with Crippen LogP contribution < -0.4 is 4.74 Å². The van der Waals surface area contributed by atoms with Crippen LogP contribution in [0.3, 0.4) is 0 Å². The molecule has 0 fully saturated rings. The van der Waals surface area contributed by atoms with Crippen LogP contribution in [0.1, 0.15) is 18.1 Å². The topological polar surface area (TPSA) is 67.2 Å². The van der Waals surface area contributed by atoms with Crippen LogP contribution in [0.2, 0.25) is 0 Å². The molecule has 0 spiro atoms. The van der Waals surface area contributed by atoms with Gasteiger partial charge in [-0.15, -0.1) is 0 Å². The maximum atomic E-state index is 11.4. The summed E-state index contributed by atoms with van der Waals surface area (Å²) in [7, 11) is -3.18. The minimum absolute atomic E-state index is 0.295. The number of sulfone groups is 1. The molecule has 0 saturated heterocycles. The van der Waals surface area contributed by atoms with Crippen LogP contribution in [0, 0.1) is 5.41 Å². The molecule has 2 aromatic rings. The third-order valence-electron chi connectivity index (χ3n) is 3.25. The van der Waals surface area contributed by atoms with E-state index in [0.717, 1.165) is 16.9 Å². The molecular weight excluding hydrogens is 298 g/mol. The van der Waals surface area contributed by atoms with Gasteiger partial charge in [0.05, 0.1) is 11.5 Å². The van der Waals surface area contributed by atoms with Crippen molar-refractivity contribution in [2.75, 3.05) is 12.9 Å². The van der Waals surface area contributed by atoms with Crippen LogP contribution in [0.15, 0.2) is 53.4 Å². The molecule has 5 heteroatoms. The van der Waals surface area contributed by atoms with Gasteiger partial charge in [-0.2, -0.15) is 0 Å². The molecule has 1 N–H and O–H groups in total. The van der Waals surface area contributed by atoms with Crippen molar-refractivity contribution in [3.8, 4) is 5.75 Å². The van der Waals surface area contributed by atoms with E-state index in [1.807, 2.05) is 31.2 Å². The molecule has 0 aliphatic carbocycles. The van der Waals surface area contributed by atoms with Crippen molar-refractivity contribution in [3.63, 3.8) is 0 Å². The molecule has 0 bridgehead atoms. The second-order valence-electron chi connectivity index (χ2n) is 5.03. The molecule has 0 radical (unpaired) electrons. The lowest BCUT2D eigenvalue weighted by molar-refractivity contribution is 0.340. The molecule has 0 amide bonds. The first-order valence-electron chi connectivity index (χ1n) is 7.00. The van der Waals surface area contributed by atoms with Crippen molar-refractivity contribution in [1.29, 1.82) is 5.41 Å². The van der Waals surface area contributed by atoms with Gasteiger partial charge in [0, 0.05) is 18.4 Å². The van der Waals surface area contributed by atoms with E-state index in [4.69, 9.17) is 10.1 Å². The number of rotatable bonds is 6. The van der Waals surface area contributed by atoms with E-state index in [9.17, 15) is 8.42 Å². The van der Waals surface area contributed by atoms with E-state index < -0.39 is 9.84 Å². The molecule has 2 rings (SSSR count). The highest BCUT2D eigenvalue weighted by Crippen LogP contribution is 2.15. The smallest absolute Gasteiger partial charge is 0.175 e. The van der Waals surface area contributed by atoms with Crippen LogP contribution in [0.4, 0.5) is 0 Å². The summed E-state index contributed by atoms with van der Waals surface area (Å²) in [4.78, 5) is 0.295. The van der Waals surface area contributed by atoms with Gasteiger partial charge in [-0.1, -0.05) is 12.1 Å². The van der Waals surface area contributed by atoms with E-state index in [1.54, 1.807) is 24.3 Å². The van der Waals surface area contributed by atoms with Crippen molar-refractivity contribution in [1.82, 2.24) is 0 Å². The SMILES string of the molecule is CCOc1ccc(C(=N)Cc2ccc(S(C)(=O)=O)cc2)cc1. The third-order valence-corrected chi connectivity index (χ3v) is 4.37. The van der Waals surface area contributed by atoms with E-state index in [0.29, 0.717) is 23.6 Å². The van der Waals surface area contributed by atoms with Gasteiger partial charge < -0.3 is 10.1 Å². The summed E-state index contributed by atoms with van der Waals surface area (Å²) in [5.74, 6) is 0.788. The average molecular weight is 317 g/mol. The molecule has 22 heavy (non-hydrogen) atoms. The maximum absolute atomic E-state index is 11.4. The fourth-order valence-electron chi connectivity index (χ4n) is 2.08. The number of hydrogen-bond acceptors (Lipinski definition) is 4. The zero-order valence-electron chi connectivity index (χ0n) is 12.7. The highest BCUT2D eigenvalue weighted by atomic mass is 32.2. The first-order chi connectivity index (χ1) is 10.4. The number of benzene rings is 2. The maximum Gasteiger partial charge on any atom is 0.175 e. The van der Waals surface area contributed by atoms with Crippen LogP contribution in [-0.4, -0.2) is 27.0 Å². The molecule has 2 aromatic carbocycles. The van der Waals surface area contributed by atoms with Crippen LogP contribution in [0.5, 0.6) is 5.75 Å². The monoisotopic (exact) mass is 317 g/mol. The van der Waals surface area contributed by atoms with Gasteiger partial charge in [0.25, 0.3) is 0 Å². The van der Waals surface area contributed by atoms with Crippen LogP contribution in [-0.2, 0) is 16.3 Å². The Bertz CT molecular complexity index is 747. The van der Waals surface area contributed by atoms with Crippen LogP contribution in [0.25, 0.3) is 0 Å². The van der Waals surface area contributed by atoms with E-state index in [-0.39, 0.29) is 0 Å². The Morgan fingerprint density at radius 3 is 2.14 bits per heavy atom. The van der Waals surface area contributed by atoms with E-state index >= 15 is 0 Å². The van der Waals surface area contributed by atoms with Crippen molar-refractivity contribution in [3.05, 3.63) is 59.7 Å². The largest absolute Gasteiger partial charge is 0.494 e. The molecule has 0 saturated carbocycles. The van der Waals surface area contributed by atoms with Gasteiger partial charge in [-0.3, -0.25) is 0 Å². The molecule has 0 aromatic heterocycles. The van der Waals surface area contributed by atoms with Crippen molar-refractivity contribution < 1.29 is 13.2 Å². The Balaban J connectivity index is 2.08. The first-order valence-corrected chi connectivity index (χ1v) is 8.89. The molecular formula is C17H19NO3S. The fourth-order valence-corrected chi connectivity index (χ4v) is 2.71. The van der Waals surface area contributed by atoms with Crippen LogP contribution >= 0.6 is 0 Å². The summed E-state index contributed by atoms with van der Waals surface area (Å²) in [6, 6.07) is 14.1. The van der Waals surface area contributed by atoms with Crippen molar-refractivity contribution >= 4 is 15.5 Å². The Morgan fingerprint density at radius 1 is 1.05 bits per heavy atom. The Labute approximate surface area is 131 Å². The molecule has 0 unspecified atom stereocenters. The molecule has 4 nitrogen and oxygen atoms in total. The lowest BCUT2D eigenvalue weighted by Gasteiger charge is -2.07. The normalized spacial score (nSPS) is 11.2. The standard InChI is InChI=1S/C17H19NO3S/c1-3-21-15-8-6-14(7-9-15)17(18)12-13-4-10-16(11-5-13)22(2,19)20/h4-11,18H,3,12H2,1-2H3. The second-order valence-corrected chi connectivity index (χ2v) is 7.04. The average Bonchev–Trinajstić information content (AvgIpc) is 2.48. The number of ether oxygens (including phenoxy) is 1. The van der Waals surface area contributed by atoms with Crippen molar-refractivity contribution in [2.45, 2.75) is 18.2 Å². The molecule has 0 aliphatic heterocycles. The molecule has 0 atom stereocenters. The summed E-state index contributed by atoms with van der Waals surface area (Å²) in [6.45, 7) is 2.54. The summed E-state index contributed by atoms with van der Waals surface area (Å²) in [5.41, 5.74) is 2.22. The Morgan fingerprint density at radius 2 is 1.64 bits per heavy atom. The van der Waals surface area contributed by atoms with Gasteiger partial charge in [0.2, 0.25) is 0 Å². The highest BCUT2D eigenvalue weighted by molar-refractivity contribution is 7.90. The third kappa shape index (κ3) is 4.18. The predicted octanol–water partition coefficient (Wildman–Crippen LogP) is 3.10. The minimum Gasteiger partial charge on any atom is -0.494 e. The molecule has 0 heterocycles. The quantitative estimate of drug-likeness (QED) is 0.832. The lowest BCUT2D eigenvalue weighted by Crippen LogP contribution is -2.04. The zero-order valence-corrected chi connectivity index (χ0v) is 13.5. The minimum atomic E-state index is -3.18. The van der Waals surface area contributed by atoms with Gasteiger partial charge in [0.1, 0.15) is 5.75 Å². The van der Waals surface area contributed by atoms with Crippen molar-refractivity contribution in [2.24, 2.45) is 0 Å². The zero-order chi connectivity index (χ0) is 16.2. The summed E-state index contributed by atoms with van der Waals surface area (Å²) >= 11 is 0. The van der Waals surface area contributed by atoms with Gasteiger partial charge >= 0.3 is 0 Å². The van der Waals surface area contributed by atoms with Gasteiger partial charge in [0.15, 0.2) is 9.84 Å². The summed E-state index contributed by atoms with van der Waals surface area (Å²) in [6.07, 6.45) is 1.64. The lowest BCUT2D eigenvalue weighted by atomic mass is 10.0. The predicted molar refractivity (Wildman–Crippen MR) is 87.7 cm³/mol. The van der Waals surface area contributed by atoms with Gasteiger partial charge in [-0.25, -0.2) is 8.42 Å². The second kappa shape index (κ2) is 6.75. The highest BCUT2D eigenvalue weighted by Gasteiger charge is 2.08. The van der Waals surface area contributed by atoms with Gasteiger partial charge in [-0.05, 0) is 54.4 Å². The molecule has 116 valence electrons. The van der Waals surface area contributed by atoms with E-state index in [1.165, 1.54) is 6.26 Å². The first kappa shape index (κ1) is 16.2. The summed E-state index contributed by atoms with van der Waals surface area (Å²) < 4.78 is 28.2. The molecule has 0 aliphatic rings. The number of hydrogen-bond donors (Lipinski definition) is 1. The Kier molecular flexibility index (Phi) is 4.98. The fraction of sp³-hybridized carbons (Fsp3) is 0.235. The summed E-state index contributed by atoms with van der Waals surface area (Å²) in [5, 5.41) is 8.16. The van der Waals surface area contributed by atoms with E-state index in [2.05, 4.69) is 0 Å². The number of nitrogens with one attached hydrogen (secondary N) is 1.